The molecule has 1 aromatic carbocycles. The van der Waals surface area contributed by atoms with Gasteiger partial charge in [-0.15, -0.1) is 11.3 Å². The molecule has 128 valence electrons. The molecule has 3 nitrogen and oxygen atoms in total. The predicted octanol–water partition coefficient (Wildman–Crippen LogP) is 4.83. The van der Waals surface area contributed by atoms with Gasteiger partial charge in [0.05, 0.1) is 13.2 Å². The average molecular weight is 343 g/mol. The molecule has 0 radical (unpaired) electrons. The molecule has 1 unspecified atom stereocenters. The minimum absolute atomic E-state index is 0.203. The van der Waals surface area contributed by atoms with Crippen molar-refractivity contribution in [3.05, 3.63) is 52.2 Å². The highest BCUT2D eigenvalue weighted by Gasteiger charge is 2.26. The summed E-state index contributed by atoms with van der Waals surface area (Å²) in [6.45, 7) is 0.875. The van der Waals surface area contributed by atoms with Crippen LogP contribution in [-0.2, 0) is 11.2 Å². The molecule has 1 atom stereocenters. The number of carbonyl (C=O) groups is 1. The van der Waals surface area contributed by atoms with E-state index in [0.717, 1.165) is 31.6 Å². The molecule has 0 bridgehead atoms. The van der Waals surface area contributed by atoms with Gasteiger partial charge in [0, 0.05) is 17.8 Å². The van der Waals surface area contributed by atoms with Crippen molar-refractivity contribution in [3.8, 4) is 5.75 Å². The number of thiophene rings is 1. The lowest BCUT2D eigenvalue weighted by molar-refractivity contribution is -0.133. The van der Waals surface area contributed by atoms with Gasteiger partial charge in [0.15, 0.2) is 0 Å². The molecule has 0 saturated carbocycles. The zero-order chi connectivity index (χ0) is 16.8. The molecule has 0 aliphatic carbocycles. The number of carbonyl (C=O) groups excluding carboxylic acids is 1. The van der Waals surface area contributed by atoms with Crippen molar-refractivity contribution >= 4 is 17.2 Å². The number of rotatable bonds is 5. The van der Waals surface area contributed by atoms with E-state index in [1.165, 1.54) is 23.3 Å². The minimum atomic E-state index is 0.203. The number of likely N-dealkylation sites (tertiary alicyclic amines) is 1. The van der Waals surface area contributed by atoms with E-state index in [9.17, 15) is 4.79 Å². The van der Waals surface area contributed by atoms with Gasteiger partial charge in [-0.2, -0.15) is 0 Å². The summed E-state index contributed by atoms with van der Waals surface area (Å²) in [6.07, 6.45) is 6.01. The van der Waals surface area contributed by atoms with Crippen LogP contribution in [0.2, 0.25) is 0 Å². The third-order valence-electron chi connectivity index (χ3n) is 4.74. The van der Waals surface area contributed by atoms with Gasteiger partial charge in [-0.3, -0.25) is 4.79 Å². The Morgan fingerprint density at radius 1 is 1.21 bits per heavy atom. The smallest absolute Gasteiger partial charge is 0.223 e. The van der Waals surface area contributed by atoms with E-state index in [4.69, 9.17) is 4.74 Å². The molecule has 1 aliphatic rings. The number of methoxy groups -OCH3 is 1. The highest BCUT2D eigenvalue weighted by Crippen LogP contribution is 2.31. The van der Waals surface area contributed by atoms with E-state index in [2.05, 4.69) is 34.5 Å². The lowest BCUT2D eigenvalue weighted by atomic mass is 10.00. The molecule has 1 aromatic heterocycles. The number of nitrogens with zero attached hydrogens (tertiary/aromatic N) is 1. The highest BCUT2D eigenvalue weighted by atomic mass is 32.1. The fraction of sp³-hybridized carbons (Fsp3) is 0.450. The first-order valence-electron chi connectivity index (χ1n) is 8.74. The highest BCUT2D eigenvalue weighted by molar-refractivity contribution is 7.09. The van der Waals surface area contributed by atoms with Crippen LogP contribution in [0.1, 0.15) is 48.6 Å². The Morgan fingerprint density at radius 3 is 2.75 bits per heavy atom. The van der Waals surface area contributed by atoms with Crippen LogP contribution in [0.5, 0.6) is 5.75 Å². The van der Waals surface area contributed by atoms with Gasteiger partial charge < -0.3 is 9.64 Å². The predicted molar refractivity (Wildman–Crippen MR) is 98.6 cm³/mol. The van der Waals surface area contributed by atoms with E-state index < -0.39 is 0 Å². The largest absolute Gasteiger partial charge is 0.497 e. The first-order valence-corrected chi connectivity index (χ1v) is 9.61. The number of hydrogen-bond donors (Lipinski definition) is 0. The molecule has 3 rings (SSSR count). The van der Waals surface area contributed by atoms with Crippen LogP contribution in [0.15, 0.2) is 41.8 Å². The number of benzene rings is 1. The van der Waals surface area contributed by atoms with Crippen LogP contribution >= 0.6 is 11.3 Å². The van der Waals surface area contributed by atoms with Crippen LogP contribution < -0.4 is 4.74 Å². The lowest BCUT2D eigenvalue weighted by Gasteiger charge is -2.30. The molecule has 1 aliphatic heterocycles. The summed E-state index contributed by atoms with van der Waals surface area (Å²) in [5.41, 5.74) is 1.22. The monoisotopic (exact) mass is 343 g/mol. The number of ether oxygens (including phenoxy) is 1. The number of hydrogen-bond acceptors (Lipinski definition) is 3. The molecule has 2 aromatic rings. The van der Waals surface area contributed by atoms with Crippen molar-refractivity contribution in [1.82, 2.24) is 4.90 Å². The van der Waals surface area contributed by atoms with Crippen molar-refractivity contribution in [2.24, 2.45) is 0 Å². The second-order valence-corrected chi connectivity index (χ2v) is 7.34. The Balaban J connectivity index is 1.72. The molecule has 0 spiro atoms. The van der Waals surface area contributed by atoms with Crippen molar-refractivity contribution in [2.45, 2.75) is 44.6 Å². The average Bonchev–Trinajstić information content (AvgIpc) is 3.02. The molecule has 24 heavy (non-hydrogen) atoms. The molecule has 2 heterocycles. The topological polar surface area (TPSA) is 29.5 Å². The lowest BCUT2D eigenvalue weighted by Crippen LogP contribution is -2.34. The molecule has 1 saturated heterocycles. The summed E-state index contributed by atoms with van der Waals surface area (Å²) in [5, 5.41) is 2.08. The molecular weight excluding hydrogens is 318 g/mol. The Morgan fingerprint density at radius 2 is 2.04 bits per heavy atom. The summed E-state index contributed by atoms with van der Waals surface area (Å²) in [5.74, 6) is 1.15. The fourth-order valence-corrected chi connectivity index (χ4v) is 4.12. The van der Waals surface area contributed by atoms with Crippen LogP contribution in [0.25, 0.3) is 0 Å². The van der Waals surface area contributed by atoms with Crippen LogP contribution in [0.4, 0.5) is 0 Å². The van der Waals surface area contributed by atoms with Gasteiger partial charge >= 0.3 is 0 Å². The van der Waals surface area contributed by atoms with Gasteiger partial charge in [0.2, 0.25) is 5.91 Å². The van der Waals surface area contributed by atoms with Crippen LogP contribution in [0.3, 0.4) is 0 Å². The quantitative estimate of drug-likeness (QED) is 0.778. The standard InChI is InChI=1S/C20H25NO2S/c1-23-17-10-8-16(9-11-17)19-7-3-2-4-14-21(19)20(22)13-12-18-6-5-15-24-18/h5-6,8-11,15,19H,2-4,7,12-14H2,1H3. The third-order valence-corrected chi connectivity index (χ3v) is 5.68. The van der Waals surface area contributed by atoms with Crippen molar-refractivity contribution in [1.29, 1.82) is 0 Å². The summed E-state index contributed by atoms with van der Waals surface area (Å²) in [4.78, 5) is 16.3. The Hall–Kier alpha value is -1.81. The van der Waals surface area contributed by atoms with E-state index in [-0.39, 0.29) is 11.9 Å². The fourth-order valence-electron chi connectivity index (χ4n) is 3.41. The van der Waals surface area contributed by atoms with Crippen LogP contribution in [0, 0.1) is 0 Å². The maximum absolute atomic E-state index is 12.9. The molecular formula is C20H25NO2S. The summed E-state index contributed by atoms with van der Waals surface area (Å²) in [7, 11) is 1.68. The molecule has 1 fully saturated rings. The number of amides is 1. The summed E-state index contributed by atoms with van der Waals surface area (Å²) >= 11 is 1.73. The zero-order valence-corrected chi connectivity index (χ0v) is 15.1. The maximum Gasteiger partial charge on any atom is 0.223 e. The maximum atomic E-state index is 12.9. The van der Waals surface area contributed by atoms with E-state index in [1.807, 2.05) is 12.1 Å². The molecule has 0 N–H and O–H groups in total. The van der Waals surface area contributed by atoms with Gasteiger partial charge in [-0.25, -0.2) is 0 Å². The van der Waals surface area contributed by atoms with Crippen molar-refractivity contribution in [2.75, 3.05) is 13.7 Å². The Bertz CT molecular complexity index is 636. The van der Waals surface area contributed by atoms with E-state index in [1.54, 1.807) is 18.4 Å². The second-order valence-electron chi connectivity index (χ2n) is 6.30. The Labute approximate surface area is 148 Å². The van der Waals surface area contributed by atoms with Gasteiger partial charge in [-0.05, 0) is 48.4 Å². The van der Waals surface area contributed by atoms with Gasteiger partial charge in [-0.1, -0.05) is 31.0 Å². The zero-order valence-electron chi connectivity index (χ0n) is 14.2. The summed E-state index contributed by atoms with van der Waals surface area (Å²) in [6, 6.07) is 12.6. The van der Waals surface area contributed by atoms with E-state index >= 15 is 0 Å². The van der Waals surface area contributed by atoms with Gasteiger partial charge in [0.1, 0.15) is 5.75 Å². The minimum Gasteiger partial charge on any atom is -0.497 e. The summed E-state index contributed by atoms with van der Waals surface area (Å²) < 4.78 is 5.26. The van der Waals surface area contributed by atoms with Crippen molar-refractivity contribution < 1.29 is 9.53 Å². The Kier molecular flexibility index (Phi) is 5.91. The van der Waals surface area contributed by atoms with E-state index in [0.29, 0.717) is 6.42 Å². The molecule has 4 heteroatoms. The third kappa shape index (κ3) is 4.18. The second kappa shape index (κ2) is 8.34. The SMILES string of the molecule is COc1ccc(C2CCCCCN2C(=O)CCc2cccs2)cc1. The first kappa shape index (κ1) is 17.0. The normalized spacial score (nSPS) is 18.2. The van der Waals surface area contributed by atoms with Gasteiger partial charge in [0.25, 0.3) is 0 Å². The van der Waals surface area contributed by atoms with Crippen molar-refractivity contribution in [3.63, 3.8) is 0 Å². The molecule has 1 amide bonds. The van der Waals surface area contributed by atoms with Crippen LogP contribution in [-0.4, -0.2) is 24.5 Å². The number of aryl methyl sites for hydroxylation is 1. The first-order chi connectivity index (χ1) is 11.8.